The van der Waals surface area contributed by atoms with E-state index in [1.54, 1.807) is 31.2 Å². The Hall–Kier alpha value is -2.63. The number of ether oxygens (including phenoxy) is 1. The van der Waals surface area contributed by atoms with Crippen LogP contribution in [0, 0.1) is 11.6 Å². The largest absolute Gasteiger partial charge is 0.486 e. The van der Waals surface area contributed by atoms with Crippen LogP contribution in [-0.2, 0) is 16.0 Å². The maximum absolute atomic E-state index is 14.1. The molecule has 160 valence electrons. The number of allylic oxidation sites excluding steroid dienone is 1. The Balaban J connectivity index is 0.00000101. The first-order chi connectivity index (χ1) is 14.2. The van der Waals surface area contributed by atoms with E-state index in [2.05, 4.69) is 0 Å². The Labute approximate surface area is 176 Å². The summed E-state index contributed by atoms with van der Waals surface area (Å²) in [7, 11) is 0. The van der Waals surface area contributed by atoms with Crippen molar-refractivity contribution in [3.63, 3.8) is 0 Å². The Kier molecular flexibility index (Phi) is 8.21. The van der Waals surface area contributed by atoms with E-state index in [1.165, 1.54) is 12.1 Å². The van der Waals surface area contributed by atoms with Crippen LogP contribution in [0.15, 0.2) is 42.0 Å². The third kappa shape index (κ3) is 5.94. The Morgan fingerprint density at radius 1 is 1.07 bits per heavy atom. The highest BCUT2D eigenvalue weighted by Gasteiger charge is 2.36. The van der Waals surface area contributed by atoms with Crippen molar-refractivity contribution in [3.05, 3.63) is 69.8 Å². The van der Waals surface area contributed by atoms with Crippen LogP contribution >= 0.6 is 11.6 Å². The van der Waals surface area contributed by atoms with Crippen LogP contribution in [0.5, 0.6) is 5.75 Å². The molecule has 0 aliphatic heterocycles. The fourth-order valence-electron chi connectivity index (χ4n) is 3.25. The molecule has 0 atom stereocenters. The van der Waals surface area contributed by atoms with Gasteiger partial charge in [-0.2, -0.15) is 14.0 Å². The molecule has 0 amide bonds. The first-order valence-electron chi connectivity index (χ1n) is 9.16. The van der Waals surface area contributed by atoms with E-state index in [9.17, 15) is 17.6 Å². The molecule has 2 aromatic rings. The van der Waals surface area contributed by atoms with Crippen molar-refractivity contribution in [3.8, 4) is 5.75 Å². The summed E-state index contributed by atoms with van der Waals surface area (Å²) in [5.74, 6) is -5.17. The third-order valence-corrected chi connectivity index (χ3v) is 4.99. The van der Waals surface area contributed by atoms with Gasteiger partial charge in [-0.15, -0.1) is 0 Å². The molecule has 0 fully saturated rings. The average molecular weight is 443 g/mol. The van der Waals surface area contributed by atoms with Gasteiger partial charge < -0.3 is 4.74 Å². The lowest BCUT2D eigenvalue weighted by Crippen LogP contribution is -2.24. The second kappa shape index (κ2) is 10.4. The molecule has 0 bridgehead atoms. The van der Waals surface area contributed by atoms with Crippen LogP contribution in [0.25, 0.3) is 5.57 Å². The lowest BCUT2D eigenvalue weighted by Gasteiger charge is -2.27. The molecule has 0 radical (unpaired) electrons. The molecule has 0 unspecified atom stereocenters. The summed E-state index contributed by atoms with van der Waals surface area (Å²) in [5, 5.41) is 0.548. The van der Waals surface area contributed by atoms with E-state index in [-0.39, 0.29) is 36.9 Å². The van der Waals surface area contributed by atoms with E-state index in [4.69, 9.17) is 25.9 Å². The third-order valence-electron chi connectivity index (χ3n) is 4.74. The highest BCUT2D eigenvalue weighted by Crippen LogP contribution is 2.41. The molecule has 3 nitrogen and oxygen atoms in total. The maximum atomic E-state index is 14.1. The molecule has 0 N–H and O–H groups in total. The standard InChI is InChI=1S/C21H19ClF4O.CO2/c1-2-13-5-8-18(20(24)19(13)23)27-12-15-11-21(25,26)10-9-17(15)14-3-6-16(22)7-4-14;2-1-3/h3-8H,2,9-12H2,1H3;. The zero-order valence-electron chi connectivity index (χ0n) is 16.1. The second-order valence-electron chi connectivity index (χ2n) is 6.70. The van der Waals surface area contributed by atoms with Crippen LogP contribution in [0.4, 0.5) is 17.6 Å². The Morgan fingerprint density at radius 3 is 2.30 bits per heavy atom. The highest BCUT2D eigenvalue weighted by atomic mass is 35.5. The van der Waals surface area contributed by atoms with Crippen LogP contribution < -0.4 is 4.74 Å². The summed E-state index contributed by atoms with van der Waals surface area (Å²) in [5.41, 5.74) is 2.14. The fraction of sp³-hybridized carbons (Fsp3) is 0.318. The number of hydrogen-bond acceptors (Lipinski definition) is 3. The molecular formula is C22H19ClF4O3. The van der Waals surface area contributed by atoms with Gasteiger partial charge >= 0.3 is 6.15 Å². The van der Waals surface area contributed by atoms with Gasteiger partial charge in [0.15, 0.2) is 11.6 Å². The molecule has 0 spiro atoms. The van der Waals surface area contributed by atoms with E-state index in [1.807, 2.05) is 0 Å². The van der Waals surface area contributed by atoms with Gasteiger partial charge in [-0.25, -0.2) is 13.2 Å². The van der Waals surface area contributed by atoms with Gasteiger partial charge in [0.2, 0.25) is 5.82 Å². The number of halogens is 5. The molecule has 2 aromatic carbocycles. The monoisotopic (exact) mass is 442 g/mol. The van der Waals surface area contributed by atoms with Gasteiger partial charge in [0.1, 0.15) is 6.61 Å². The number of aryl methyl sites for hydroxylation is 1. The summed E-state index contributed by atoms with van der Waals surface area (Å²) in [6, 6.07) is 9.68. The van der Waals surface area contributed by atoms with Crippen LogP contribution in [-0.4, -0.2) is 18.7 Å². The zero-order valence-corrected chi connectivity index (χ0v) is 16.9. The Morgan fingerprint density at radius 2 is 1.70 bits per heavy atom. The minimum atomic E-state index is -2.84. The number of benzene rings is 2. The first kappa shape index (κ1) is 23.6. The van der Waals surface area contributed by atoms with Crippen molar-refractivity contribution in [2.24, 2.45) is 0 Å². The number of carbonyl (C=O) groups excluding carboxylic acids is 2. The first-order valence-corrected chi connectivity index (χ1v) is 9.53. The Bertz CT molecular complexity index is 950. The molecule has 3 rings (SSSR count). The van der Waals surface area contributed by atoms with Crippen LogP contribution in [0.3, 0.4) is 0 Å². The SMILES string of the molecule is CCc1ccc(OCC2=C(c3ccc(Cl)cc3)CCC(F)(F)C2)c(F)c1F.O=C=O. The van der Waals surface area contributed by atoms with Gasteiger partial charge in [-0.05, 0) is 53.3 Å². The minimum absolute atomic E-state index is 0.180. The maximum Gasteiger partial charge on any atom is 0.373 e. The van der Waals surface area contributed by atoms with Crippen molar-refractivity contribution in [2.75, 3.05) is 6.61 Å². The molecule has 0 aromatic heterocycles. The fourth-order valence-corrected chi connectivity index (χ4v) is 3.38. The number of rotatable bonds is 5. The van der Waals surface area contributed by atoms with Gasteiger partial charge in [-0.3, -0.25) is 0 Å². The van der Waals surface area contributed by atoms with Gasteiger partial charge in [0.05, 0.1) is 0 Å². The number of alkyl halides is 2. The number of hydrogen-bond donors (Lipinski definition) is 0. The van der Waals surface area contributed by atoms with Crippen molar-refractivity contribution in [2.45, 2.75) is 38.5 Å². The minimum Gasteiger partial charge on any atom is -0.486 e. The summed E-state index contributed by atoms with van der Waals surface area (Å²) >= 11 is 5.89. The molecule has 1 aliphatic rings. The second-order valence-corrected chi connectivity index (χ2v) is 7.13. The lowest BCUT2D eigenvalue weighted by atomic mass is 9.85. The molecule has 8 heteroatoms. The van der Waals surface area contributed by atoms with Crippen molar-refractivity contribution < 1.29 is 31.9 Å². The molecule has 0 heterocycles. The van der Waals surface area contributed by atoms with Crippen LogP contribution in [0.2, 0.25) is 5.02 Å². The zero-order chi connectivity index (χ0) is 22.3. The summed E-state index contributed by atoms with van der Waals surface area (Å²) in [4.78, 5) is 16.2. The predicted octanol–water partition coefficient (Wildman–Crippen LogP) is 6.25. The van der Waals surface area contributed by atoms with E-state index in [0.29, 0.717) is 17.0 Å². The molecule has 1 aliphatic carbocycles. The van der Waals surface area contributed by atoms with Crippen molar-refractivity contribution >= 4 is 23.3 Å². The molecular weight excluding hydrogens is 424 g/mol. The summed E-state index contributed by atoms with van der Waals surface area (Å²) < 4.78 is 61.3. The molecule has 0 saturated heterocycles. The van der Waals surface area contributed by atoms with Crippen molar-refractivity contribution in [1.82, 2.24) is 0 Å². The summed E-state index contributed by atoms with van der Waals surface area (Å²) in [6.45, 7) is 1.49. The molecule has 0 saturated carbocycles. The van der Waals surface area contributed by atoms with E-state index in [0.717, 1.165) is 11.1 Å². The quantitative estimate of drug-likeness (QED) is 0.514. The van der Waals surface area contributed by atoms with Gasteiger partial charge in [-0.1, -0.05) is 36.7 Å². The normalized spacial score (nSPS) is 15.1. The van der Waals surface area contributed by atoms with Gasteiger partial charge in [0.25, 0.3) is 5.92 Å². The lowest BCUT2D eigenvalue weighted by molar-refractivity contribution is -0.191. The smallest absolute Gasteiger partial charge is 0.373 e. The topological polar surface area (TPSA) is 43.4 Å². The van der Waals surface area contributed by atoms with E-state index < -0.39 is 24.0 Å². The van der Waals surface area contributed by atoms with Crippen molar-refractivity contribution in [1.29, 1.82) is 0 Å². The van der Waals surface area contributed by atoms with Gasteiger partial charge in [0, 0.05) is 17.9 Å². The highest BCUT2D eigenvalue weighted by molar-refractivity contribution is 6.30. The average Bonchev–Trinajstić information content (AvgIpc) is 2.70. The molecule has 30 heavy (non-hydrogen) atoms. The van der Waals surface area contributed by atoms with Crippen LogP contribution in [0.1, 0.15) is 37.3 Å². The van der Waals surface area contributed by atoms with E-state index >= 15 is 0 Å². The predicted molar refractivity (Wildman–Crippen MR) is 103 cm³/mol. The summed E-state index contributed by atoms with van der Waals surface area (Å²) in [6.07, 6.45) is 0.0464.